The predicted octanol–water partition coefficient (Wildman–Crippen LogP) is 3.95. The zero-order valence-corrected chi connectivity index (χ0v) is 13.8. The van der Waals surface area contributed by atoms with Crippen LogP contribution < -0.4 is 0 Å². The van der Waals surface area contributed by atoms with E-state index in [1.807, 2.05) is 12.1 Å². The number of phenolic OH excluding ortho intramolecular Hbond substituents is 1. The van der Waals surface area contributed by atoms with E-state index in [1.54, 1.807) is 0 Å². The Balaban J connectivity index is 0.00000180. The standard InChI is InChI=1S/C16H25NO.BrH/c1-3-10-17(11-4-2)14-9-8-13-6-5-7-16(18)15(13)12-14;/h5-7,14,18H,3-4,8-12H2,1-2H3;1H. The zero-order chi connectivity index (χ0) is 13.0. The van der Waals surface area contributed by atoms with Gasteiger partial charge in [0.2, 0.25) is 0 Å². The maximum absolute atomic E-state index is 10.00. The van der Waals surface area contributed by atoms with Crippen molar-refractivity contribution in [3.63, 3.8) is 0 Å². The quantitative estimate of drug-likeness (QED) is 0.885. The van der Waals surface area contributed by atoms with Gasteiger partial charge in [0.05, 0.1) is 0 Å². The molecule has 1 unspecified atom stereocenters. The van der Waals surface area contributed by atoms with Gasteiger partial charge >= 0.3 is 0 Å². The third-order valence-electron chi connectivity index (χ3n) is 3.97. The van der Waals surface area contributed by atoms with Crippen molar-refractivity contribution in [3.05, 3.63) is 29.3 Å². The summed E-state index contributed by atoms with van der Waals surface area (Å²) in [6.45, 7) is 6.86. The fourth-order valence-electron chi connectivity index (χ4n) is 3.11. The van der Waals surface area contributed by atoms with Gasteiger partial charge in [-0.25, -0.2) is 0 Å². The summed E-state index contributed by atoms with van der Waals surface area (Å²) in [6, 6.07) is 6.57. The Labute approximate surface area is 127 Å². The first-order valence-electron chi connectivity index (χ1n) is 7.30. The topological polar surface area (TPSA) is 23.5 Å². The molecule has 2 nitrogen and oxygen atoms in total. The van der Waals surface area contributed by atoms with Gasteiger partial charge in [0.1, 0.15) is 5.75 Å². The summed E-state index contributed by atoms with van der Waals surface area (Å²) in [6.07, 6.45) is 5.78. The highest BCUT2D eigenvalue weighted by molar-refractivity contribution is 8.93. The summed E-state index contributed by atoms with van der Waals surface area (Å²) in [5.74, 6) is 0.491. The highest BCUT2D eigenvalue weighted by Crippen LogP contribution is 2.30. The van der Waals surface area contributed by atoms with Gasteiger partial charge in [-0.15, -0.1) is 17.0 Å². The average Bonchev–Trinajstić information content (AvgIpc) is 2.39. The Hall–Kier alpha value is -0.540. The molecule has 0 saturated heterocycles. The van der Waals surface area contributed by atoms with Crippen molar-refractivity contribution < 1.29 is 5.11 Å². The number of fused-ring (bicyclic) bond motifs is 1. The summed E-state index contributed by atoms with van der Waals surface area (Å²) in [5.41, 5.74) is 2.53. The fraction of sp³-hybridized carbons (Fsp3) is 0.625. The molecule has 0 saturated carbocycles. The van der Waals surface area contributed by atoms with Gasteiger partial charge in [0, 0.05) is 6.04 Å². The first-order chi connectivity index (χ1) is 8.76. The SMILES string of the molecule is Br.CCCN(CCC)C1CCc2cccc(O)c2C1. The molecule has 1 aliphatic rings. The first kappa shape index (κ1) is 16.5. The molecule has 0 aromatic heterocycles. The van der Waals surface area contributed by atoms with Gasteiger partial charge < -0.3 is 10.0 Å². The van der Waals surface area contributed by atoms with Crippen molar-refractivity contribution in [1.82, 2.24) is 4.90 Å². The number of aryl methyl sites for hydroxylation is 1. The number of phenols is 1. The second-order valence-electron chi connectivity index (χ2n) is 5.35. The molecule has 0 spiro atoms. The minimum absolute atomic E-state index is 0. The lowest BCUT2D eigenvalue weighted by molar-refractivity contribution is 0.179. The molecule has 0 heterocycles. The van der Waals surface area contributed by atoms with Crippen LogP contribution in [-0.4, -0.2) is 29.1 Å². The second kappa shape index (κ2) is 7.91. The lowest BCUT2D eigenvalue weighted by Gasteiger charge is -2.35. The van der Waals surface area contributed by atoms with E-state index in [0.717, 1.165) is 12.8 Å². The van der Waals surface area contributed by atoms with E-state index >= 15 is 0 Å². The van der Waals surface area contributed by atoms with Crippen LogP contribution in [0.3, 0.4) is 0 Å². The highest BCUT2D eigenvalue weighted by atomic mass is 79.9. The smallest absolute Gasteiger partial charge is 0.119 e. The van der Waals surface area contributed by atoms with Crippen LogP contribution in [0.1, 0.15) is 44.2 Å². The molecule has 108 valence electrons. The number of benzene rings is 1. The second-order valence-corrected chi connectivity index (χ2v) is 5.35. The molecule has 0 amide bonds. The Bertz CT molecular complexity index is 388. The molecule has 1 atom stereocenters. The Kier molecular flexibility index (Phi) is 6.87. The normalized spacial score (nSPS) is 17.9. The van der Waals surface area contributed by atoms with Crippen molar-refractivity contribution >= 4 is 17.0 Å². The third-order valence-corrected chi connectivity index (χ3v) is 3.97. The van der Waals surface area contributed by atoms with E-state index in [-0.39, 0.29) is 17.0 Å². The van der Waals surface area contributed by atoms with Gasteiger partial charge in [-0.2, -0.15) is 0 Å². The lowest BCUT2D eigenvalue weighted by Crippen LogP contribution is -2.40. The van der Waals surface area contributed by atoms with Crippen LogP contribution in [-0.2, 0) is 12.8 Å². The van der Waals surface area contributed by atoms with Crippen LogP contribution in [0.5, 0.6) is 5.75 Å². The number of rotatable bonds is 5. The lowest BCUT2D eigenvalue weighted by atomic mass is 9.86. The van der Waals surface area contributed by atoms with Crippen molar-refractivity contribution in [2.75, 3.05) is 13.1 Å². The molecule has 2 rings (SSSR count). The van der Waals surface area contributed by atoms with Crippen molar-refractivity contribution in [2.45, 2.75) is 52.0 Å². The molecule has 0 aliphatic heterocycles. The number of hydrogen-bond acceptors (Lipinski definition) is 2. The summed E-state index contributed by atoms with van der Waals surface area (Å²) in [4.78, 5) is 2.61. The average molecular weight is 328 g/mol. The maximum atomic E-state index is 10.00. The monoisotopic (exact) mass is 327 g/mol. The van der Waals surface area contributed by atoms with E-state index < -0.39 is 0 Å². The minimum atomic E-state index is 0. The third kappa shape index (κ3) is 3.96. The van der Waals surface area contributed by atoms with E-state index in [0.29, 0.717) is 11.8 Å². The molecule has 0 fully saturated rings. The van der Waals surface area contributed by atoms with Gasteiger partial charge in [-0.1, -0.05) is 26.0 Å². The number of hydrogen-bond donors (Lipinski definition) is 1. The van der Waals surface area contributed by atoms with Gasteiger partial charge in [-0.05, 0) is 62.4 Å². The van der Waals surface area contributed by atoms with Gasteiger partial charge in [0.25, 0.3) is 0 Å². The summed E-state index contributed by atoms with van der Waals surface area (Å²) in [7, 11) is 0. The molecule has 0 radical (unpaired) electrons. The molecule has 0 bridgehead atoms. The summed E-state index contributed by atoms with van der Waals surface area (Å²) < 4.78 is 0. The summed E-state index contributed by atoms with van der Waals surface area (Å²) in [5, 5.41) is 10.00. The molecule has 1 aromatic carbocycles. The molecule has 1 aromatic rings. The molecular weight excluding hydrogens is 302 g/mol. The first-order valence-corrected chi connectivity index (χ1v) is 7.30. The van der Waals surface area contributed by atoms with Crippen LogP contribution in [0, 0.1) is 0 Å². The van der Waals surface area contributed by atoms with E-state index in [2.05, 4.69) is 24.8 Å². The Morgan fingerprint density at radius 2 is 1.89 bits per heavy atom. The number of halogens is 1. The van der Waals surface area contributed by atoms with Crippen LogP contribution in [0.2, 0.25) is 0 Å². The van der Waals surface area contributed by atoms with E-state index in [1.165, 1.54) is 43.5 Å². The molecule has 1 aliphatic carbocycles. The number of aromatic hydroxyl groups is 1. The Morgan fingerprint density at radius 3 is 2.53 bits per heavy atom. The van der Waals surface area contributed by atoms with E-state index in [4.69, 9.17) is 0 Å². The van der Waals surface area contributed by atoms with Crippen LogP contribution in [0.4, 0.5) is 0 Å². The minimum Gasteiger partial charge on any atom is -0.508 e. The van der Waals surface area contributed by atoms with E-state index in [9.17, 15) is 5.11 Å². The van der Waals surface area contributed by atoms with Crippen molar-refractivity contribution in [1.29, 1.82) is 0 Å². The van der Waals surface area contributed by atoms with Gasteiger partial charge in [-0.3, -0.25) is 0 Å². The zero-order valence-electron chi connectivity index (χ0n) is 12.1. The van der Waals surface area contributed by atoms with Crippen LogP contribution >= 0.6 is 17.0 Å². The predicted molar refractivity (Wildman–Crippen MR) is 86.4 cm³/mol. The van der Waals surface area contributed by atoms with Crippen LogP contribution in [0.25, 0.3) is 0 Å². The highest BCUT2D eigenvalue weighted by Gasteiger charge is 2.24. The molecule has 19 heavy (non-hydrogen) atoms. The fourth-order valence-corrected chi connectivity index (χ4v) is 3.11. The maximum Gasteiger partial charge on any atom is 0.119 e. The number of nitrogens with zero attached hydrogens (tertiary/aromatic N) is 1. The largest absolute Gasteiger partial charge is 0.508 e. The molecular formula is C16H26BrNO. The van der Waals surface area contributed by atoms with Crippen molar-refractivity contribution in [2.24, 2.45) is 0 Å². The molecule has 1 N–H and O–H groups in total. The Morgan fingerprint density at radius 1 is 1.21 bits per heavy atom. The van der Waals surface area contributed by atoms with Crippen LogP contribution in [0.15, 0.2) is 18.2 Å². The van der Waals surface area contributed by atoms with Crippen molar-refractivity contribution in [3.8, 4) is 5.75 Å². The van der Waals surface area contributed by atoms with Gasteiger partial charge in [0.15, 0.2) is 0 Å². The summed E-state index contributed by atoms with van der Waals surface area (Å²) >= 11 is 0. The molecule has 3 heteroatoms.